The van der Waals surface area contributed by atoms with Gasteiger partial charge in [-0.1, -0.05) is 0 Å². The summed E-state index contributed by atoms with van der Waals surface area (Å²) in [6.07, 6.45) is -0.199. The summed E-state index contributed by atoms with van der Waals surface area (Å²) in [4.78, 5) is 1.99. The molecular weight excluding hydrogens is 176 g/mol. The van der Waals surface area contributed by atoms with Crippen molar-refractivity contribution < 1.29 is 14.6 Å². The molecule has 0 saturated carbocycles. The summed E-state index contributed by atoms with van der Waals surface area (Å²) >= 11 is 1.53. The molecular formula is C8H10O3S. The van der Waals surface area contributed by atoms with E-state index in [1.54, 1.807) is 0 Å². The monoisotopic (exact) mass is 186 g/mol. The Balaban J connectivity index is 2.11. The van der Waals surface area contributed by atoms with E-state index < -0.39 is 0 Å². The van der Waals surface area contributed by atoms with Crippen LogP contribution in [0.3, 0.4) is 0 Å². The molecule has 0 atom stereocenters. The van der Waals surface area contributed by atoms with E-state index >= 15 is 0 Å². The Morgan fingerprint density at radius 1 is 1.42 bits per heavy atom. The van der Waals surface area contributed by atoms with E-state index in [2.05, 4.69) is 0 Å². The lowest BCUT2D eigenvalue weighted by atomic mass is 10.4. The molecule has 3 nitrogen and oxygen atoms in total. The van der Waals surface area contributed by atoms with Gasteiger partial charge in [0.1, 0.15) is 0 Å². The molecule has 0 unspecified atom stereocenters. The number of aliphatic hydroxyl groups is 1. The highest BCUT2D eigenvalue weighted by Gasteiger charge is 2.19. The predicted octanol–water partition coefficient (Wildman–Crippen LogP) is 1.29. The highest BCUT2D eigenvalue weighted by molar-refractivity contribution is 7.12. The smallest absolute Gasteiger partial charge is 0.193 e. The molecule has 0 aliphatic carbocycles. The van der Waals surface area contributed by atoms with E-state index in [9.17, 15) is 0 Å². The Labute approximate surface area is 74.5 Å². The average molecular weight is 186 g/mol. The Hall–Kier alpha value is -0.420. The van der Waals surface area contributed by atoms with Gasteiger partial charge in [-0.3, -0.25) is 0 Å². The number of hydrogen-bond acceptors (Lipinski definition) is 4. The summed E-state index contributed by atoms with van der Waals surface area (Å²) in [5, 5.41) is 8.82. The van der Waals surface area contributed by atoms with Crippen LogP contribution in [0.15, 0.2) is 12.1 Å². The number of aliphatic hydroxyl groups excluding tert-OH is 1. The fourth-order valence-electron chi connectivity index (χ4n) is 1.13. The van der Waals surface area contributed by atoms with Crippen LogP contribution in [0.1, 0.15) is 16.0 Å². The molecule has 1 aliphatic rings. The van der Waals surface area contributed by atoms with Crippen molar-refractivity contribution in [3.05, 3.63) is 21.9 Å². The lowest BCUT2D eigenvalue weighted by Crippen LogP contribution is -1.93. The predicted molar refractivity (Wildman–Crippen MR) is 44.9 cm³/mol. The number of ether oxygens (including phenoxy) is 2. The molecule has 1 aromatic heterocycles. The number of thiophene rings is 1. The molecule has 1 saturated heterocycles. The van der Waals surface area contributed by atoms with Crippen LogP contribution in [0.4, 0.5) is 0 Å². The molecule has 1 N–H and O–H groups in total. The van der Waals surface area contributed by atoms with Crippen LogP contribution in [0.25, 0.3) is 0 Å². The molecule has 2 heterocycles. The van der Waals surface area contributed by atoms with E-state index in [1.165, 1.54) is 11.3 Å². The molecule has 2 rings (SSSR count). The molecule has 0 radical (unpaired) electrons. The molecule has 0 amide bonds. The van der Waals surface area contributed by atoms with Crippen molar-refractivity contribution in [3.8, 4) is 0 Å². The first-order valence-corrected chi connectivity index (χ1v) is 4.64. The highest BCUT2D eigenvalue weighted by atomic mass is 32.1. The Kier molecular flexibility index (Phi) is 2.41. The second-order valence-electron chi connectivity index (χ2n) is 2.54. The van der Waals surface area contributed by atoms with E-state index in [-0.39, 0.29) is 12.9 Å². The van der Waals surface area contributed by atoms with Crippen molar-refractivity contribution in [1.29, 1.82) is 0 Å². The third kappa shape index (κ3) is 1.51. The van der Waals surface area contributed by atoms with Crippen LogP contribution in [-0.4, -0.2) is 18.3 Å². The first-order valence-electron chi connectivity index (χ1n) is 3.83. The Bertz CT molecular complexity index is 253. The van der Waals surface area contributed by atoms with Gasteiger partial charge in [-0.2, -0.15) is 0 Å². The molecule has 1 aromatic rings. The van der Waals surface area contributed by atoms with Crippen molar-refractivity contribution in [1.82, 2.24) is 0 Å². The molecule has 12 heavy (non-hydrogen) atoms. The first-order chi connectivity index (χ1) is 5.90. The van der Waals surface area contributed by atoms with Gasteiger partial charge in [-0.15, -0.1) is 11.3 Å². The molecule has 0 aromatic carbocycles. The molecule has 66 valence electrons. The summed E-state index contributed by atoms with van der Waals surface area (Å²) in [6.45, 7) is 1.42. The summed E-state index contributed by atoms with van der Waals surface area (Å²) in [5.41, 5.74) is 0. The average Bonchev–Trinajstić information content (AvgIpc) is 2.75. The van der Waals surface area contributed by atoms with Gasteiger partial charge in [0.25, 0.3) is 0 Å². The molecule has 1 fully saturated rings. The van der Waals surface area contributed by atoms with Gasteiger partial charge < -0.3 is 14.6 Å². The van der Waals surface area contributed by atoms with E-state index in [1.807, 2.05) is 12.1 Å². The lowest BCUT2D eigenvalue weighted by Gasteiger charge is -2.04. The fraction of sp³-hybridized carbons (Fsp3) is 0.500. The van der Waals surface area contributed by atoms with Crippen LogP contribution in [0, 0.1) is 0 Å². The zero-order valence-corrected chi connectivity index (χ0v) is 7.34. The minimum absolute atomic E-state index is 0.0946. The van der Waals surface area contributed by atoms with Crippen LogP contribution in [0.2, 0.25) is 0 Å². The van der Waals surface area contributed by atoms with Crippen molar-refractivity contribution in [2.24, 2.45) is 0 Å². The maximum absolute atomic E-state index is 8.82. The summed E-state index contributed by atoms with van der Waals surface area (Å²) in [7, 11) is 0. The van der Waals surface area contributed by atoms with Crippen LogP contribution in [-0.2, 0) is 16.1 Å². The zero-order valence-electron chi connectivity index (χ0n) is 6.53. The van der Waals surface area contributed by atoms with E-state index in [4.69, 9.17) is 14.6 Å². The number of rotatable bonds is 2. The summed E-state index contributed by atoms with van der Waals surface area (Å²) in [5.74, 6) is 0. The van der Waals surface area contributed by atoms with Gasteiger partial charge in [0.05, 0.1) is 24.7 Å². The molecule has 1 aliphatic heterocycles. The lowest BCUT2D eigenvalue weighted by molar-refractivity contribution is -0.0413. The molecule has 0 spiro atoms. The normalized spacial score (nSPS) is 18.8. The zero-order chi connectivity index (χ0) is 8.39. The van der Waals surface area contributed by atoms with Crippen molar-refractivity contribution in [2.75, 3.05) is 13.2 Å². The van der Waals surface area contributed by atoms with Crippen LogP contribution in [0.5, 0.6) is 0 Å². The van der Waals surface area contributed by atoms with Gasteiger partial charge in [0.15, 0.2) is 6.29 Å². The maximum Gasteiger partial charge on any atom is 0.193 e. The second kappa shape index (κ2) is 3.53. The minimum atomic E-state index is -0.199. The number of hydrogen-bond donors (Lipinski definition) is 1. The quantitative estimate of drug-likeness (QED) is 0.756. The second-order valence-corrected chi connectivity index (χ2v) is 3.74. The Morgan fingerprint density at radius 3 is 2.75 bits per heavy atom. The summed E-state index contributed by atoms with van der Waals surface area (Å²) < 4.78 is 10.6. The molecule has 0 bridgehead atoms. The maximum atomic E-state index is 8.82. The topological polar surface area (TPSA) is 38.7 Å². The highest BCUT2D eigenvalue weighted by Crippen LogP contribution is 2.29. The van der Waals surface area contributed by atoms with Crippen LogP contribution < -0.4 is 0 Å². The third-order valence-corrected chi connectivity index (χ3v) is 2.78. The fourth-order valence-corrected chi connectivity index (χ4v) is 2.00. The van der Waals surface area contributed by atoms with Gasteiger partial charge >= 0.3 is 0 Å². The summed E-state index contributed by atoms with van der Waals surface area (Å²) in [6, 6.07) is 3.83. The van der Waals surface area contributed by atoms with Crippen LogP contribution >= 0.6 is 11.3 Å². The van der Waals surface area contributed by atoms with E-state index in [0.29, 0.717) is 13.2 Å². The third-order valence-electron chi connectivity index (χ3n) is 1.69. The standard InChI is InChI=1S/C8H10O3S/c9-5-6-1-2-7(12-6)8-10-3-4-11-8/h1-2,8-9H,3-5H2. The van der Waals surface area contributed by atoms with Crippen molar-refractivity contribution in [2.45, 2.75) is 12.9 Å². The van der Waals surface area contributed by atoms with Crippen molar-refractivity contribution in [3.63, 3.8) is 0 Å². The van der Waals surface area contributed by atoms with Crippen molar-refractivity contribution >= 4 is 11.3 Å². The van der Waals surface area contributed by atoms with Gasteiger partial charge in [0, 0.05) is 4.88 Å². The van der Waals surface area contributed by atoms with Gasteiger partial charge in [-0.25, -0.2) is 0 Å². The first kappa shape index (κ1) is 8.19. The van der Waals surface area contributed by atoms with E-state index in [0.717, 1.165) is 9.75 Å². The largest absolute Gasteiger partial charge is 0.391 e. The minimum Gasteiger partial charge on any atom is -0.391 e. The Morgan fingerprint density at radius 2 is 2.17 bits per heavy atom. The van der Waals surface area contributed by atoms with Gasteiger partial charge in [-0.05, 0) is 12.1 Å². The van der Waals surface area contributed by atoms with Gasteiger partial charge in [0.2, 0.25) is 0 Å². The molecule has 4 heteroatoms. The SMILES string of the molecule is OCc1ccc(C2OCCO2)s1.